The van der Waals surface area contributed by atoms with Gasteiger partial charge in [-0.2, -0.15) is 0 Å². The quantitative estimate of drug-likeness (QED) is 0.701. The van der Waals surface area contributed by atoms with Crippen molar-refractivity contribution in [2.75, 3.05) is 6.54 Å². The number of carboxylic acids is 1. The highest BCUT2D eigenvalue weighted by molar-refractivity contribution is 7.89. The Morgan fingerprint density at radius 1 is 1.38 bits per heavy atom. The number of nitrogens with one attached hydrogen (secondary N) is 1. The molecule has 0 aliphatic carbocycles. The fourth-order valence-corrected chi connectivity index (χ4v) is 2.85. The molecule has 0 heterocycles. The standard InChI is InChI=1S/C13H18FNO5S/c1-8(2)5-9(16)7-15-21(19,20)10-3-4-12(14)11(6-10)13(17)18/h3-4,6,8-9,15-16H,5,7H2,1-2H3,(H,17,18). The van der Waals surface area contributed by atoms with Crippen molar-refractivity contribution in [1.82, 2.24) is 4.72 Å². The van der Waals surface area contributed by atoms with Gasteiger partial charge in [-0.05, 0) is 30.5 Å². The van der Waals surface area contributed by atoms with E-state index in [1.54, 1.807) is 0 Å². The predicted molar refractivity (Wildman–Crippen MR) is 74.0 cm³/mol. The number of sulfonamides is 1. The smallest absolute Gasteiger partial charge is 0.338 e. The highest BCUT2D eigenvalue weighted by Crippen LogP contribution is 2.15. The molecule has 0 aliphatic heterocycles. The van der Waals surface area contributed by atoms with Gasteiger partial charge in [0.15, 0.2) is 0 Å². The van der Waals surface area contributed by atoms with Gasteiger partial charge in [0.05, 0.1) is 16.6 Å². The molecule has 1 rings (SSSR count). The normalized spacial score (nSPS) is 13.4. The first-order chi connectivity index (χ1) is 9.63. The maximum Gasteiger partial charge on any atom is 0.338 e. The van der Waals surface area contributed by atoms with Crippen LogP contribution in [-0.4, -0.2) is 37.2 Å². The van der Waals surface area contributed by atoms with Crippen LogP contribution in [0.5, 0.6) is 0 Å². The van der Waals surface area contributed by atoms with Crippen LogP contribution in [0.4, 0.5) is 4.39 Å². The number of aliphatic hydroxyl groups is 1. The number of hydrogen-bond acceptors (Lipinski definition) is 4. The lowest BCUT2D eigenvalue weighted by atomic mass is 10.1. The highest BCUT2D eigenvalue weighted by atomic mass is 32.2. The third kappa shape index (κ3) is 5.07. The molecular formula is C13H18FNO5S. The second kappa shape index (κ2) is 6.97. The molecule has 8 heteroatoms. The van der Waals surface area contributed by atoms with Crippen LogP contribution < -0.4 is 4.72 Å². The van der Waals surface area contributed by atoms with Crippen molar-refractivity contribution in [2.45, 2.75) is 31.3 Å². The lowest BCUT2D eigenvalue weighted by Crippen LogP contribution is -2.33. The van der Waals surface area contributed by atoms with Crippen molar-refractivity contribution in [3.63, 3.8) is 0 Å². The van der Waals surface area contributed by atoms with Crippen LogP contribution in [0, 0.1) is 11.7 Å². The van der Waals surface area contributed by atoms with Crippen LogP contribution in [0.25, 0.3) is 0 Å². The largest absolute Gasteiger partial charge is 0.478 e. The van der Waals surface area contributed by atoms with Crippen LogP contribution in [-0.2, 0) is 10.0 Å². The summed E-state index contributed by atoms with van der Waals surface area (Å²) in [6, 6.07) is 2.50. The van der Waals surface area contributed by atoms with Crippen LogP contribution in [0.1, 0.15) is 30.6 Å². The van der Waals surface area contributed by atoms with Gasteiger partial charge in [0.2, 0.25) is 10.0 Å². The third-order valence-electron chi connectivity index (χ3n) is 2.73. The summed E-state index contributed by atoms with van der Waals surface area (Å²) in [5.74, 6) is -2.36. The van der Waals surface area contributed by atoms with Crippen molar-refractivity contribution in [3.8, 4) is 0 Å². The van der Waals surface area contributed by atoms with Gasteiger partial charge in [-0.1, -0.05) is 13.8 Å². The average molecular weight is 319 g/mol. The zero-order chi connectivity index (χ0) is 16.2. The lowest BCUT2D eigenvalue weighted by Gasteiger charge is -2.14. The van der Waals surface area contributed by atoms with Crippen molar-refractivity contribution in [3.05, 3.63) is 29.6 Å². The average Bonchev–Trinajstić information content (AvgIpc) is 2.35. The Kier molecular flexibility index (Phi) is 5.82. The number of aliphatic hydroxyl groups excluding tert-OH is 1. The molecule has 1 atom stereocenters. The summed E-state index contributed by atoms with van der Waals surface area (Å²) in [7, 11) is -4.00. The molecular weight excluding hydrogens is 301 g/mol. The monoisotopic (exact) mass is 319 g/mol. The molecule has 0 bridgehead atoms. The number of rotatable bonds is 7. The molecule has 1 aromatic rings. The number of carboxylic acid groups (broad SMARTS) is 1. The van der Waals surface area contributed by atoms with E-state index >= 15 is 0 Å². The predicted octanol–water partition coefficient (Wildman–Crippen LogP) is 1.21. The molecule has 0 aromatic heterocycles. The van der Waals surface area contributed by atoms with Gasteiger partial charge in [-0.25, -0.2) is 22.3 Å². The van der Waals surface area contributed by atoms with Gasteiger partial charge in [0.25, 0.3) is 0 Å². The van der Waals surface area contributed by atoms with E-state index in [0.717, 1.165) is 18.2 Å². The molecule has 0 spiro atoms. The Morgan fingerprint density at radius 3 is 2.52 bits per heavy atom. The summed E-state index contributed by atoms with van der Waals surface area (Å²) >= 11 is 0. The minimum absolute atomic E-state index is 0.194. The summed E-state index contributed by atoms with van der Waals surface area (Å²) < 4.78 is 39.3. The molecule has 0 saturated heterocycles. The first kappa shape index (κ1) is 17.5. The molecule has 1 aromatic carbocycles. The first-order valence-electron chi connectivity index (χ1n) is 6.34. The zero-order valence-corrected chi connectivity index (χ0v) is 12.5. The fourth-order valence-electron chi connectivity index (χ4n) is 1.75. The number of hydrogen-bond donors (Lipinski definition) is 3. The minimum Gasteiger partial charge on any atom is -0.478 e. The molecule has 0 amide bonds. The third-order valence-corrected chi connectivity index (χ3v) is 4.15. The second-order valence-electron chi connectivity index (χ2n) is 5.08. The molecule has 0 fully saturated rings. The summed E-state index contributed by atoms with van der Waals surface area (Å²) in [5.41, 5.74) is -0.722. The van der Waals surface area contributed by atoms with E-state index in [-0.39, 0.29) is 17.4 Å². The fraction of sp³-hybridized carbons (Fsp3) is 0.462. The Balaban J connectivity index is 2.88. The molecule has 118 valence electrons. The zero-order valence-electron chi connectivity index (χ0n) is 11.7. The number of aromatic carboxylic acids is 1. The molecule has 1 unspecified atom stereocenters. The molecule has 21 heavy (non-hydrogen) atoms. The summed E-state index contributed by atoms with van der Waals surface area (Å²) in [6.07, 6.45) is -0.425. The van der Waals surface area contributed by atoms with E-state index in [0.29, 0.717) is 6.42 Å². The van der Waals surface area contributed by atoms with Gasteiger partial charge >= 0.3 is 5.97 Å². The van der Waals surface area contributed by atoms with Crippen molar-refractivity contribution >= 4 is 16.0 Å². The van der Waals surface area contributed by atoms with E-state index in [4.69, 9.17) is 5.11 Å². The van der Waals surface area contributed by atoms with E-state index in [9.17, 15) is 22.7 Å². The van der Waals surface area contributed by atoms with Crippen LogP contribution in [0.2, 0.25) is 0 Å². The lowest BCUT2D eigenvalue weighted by molar-refractivity contribution is 0.0691. The van der Waals surface area contributed by atoms with Gasteiger partial charge in [0, 0.05) is 6.54 Å². The van der Waals surface area contributed by atoms with Crippen molar-refractivity contribution < 1.29 is 27.8 Å². The van der Waals surface area contributed by atoms with Gasteiger partial charge in [-0.15, -0.1) is 0 Å². The van der Waals surface area contributed by atoms with Crippen molar-refractivity contribution in [2.24, 2.45) is 5.92 Å². The van der Waals surface area contributed by atoms with Crippen molar-refractivity contribution in [1.29, 1.82) is 0 Å². The van der Waals surface area contributed by atoms with E-state index < -0.39 is 33.5 Å². The van der Waals surface area contributed by atoms with Crippen LogP contribution in [0.3, 0.4) is 0 Å². The van der Waals surface area contributed by atoms with E-state index in [1.807, 2.05) is 13.8 Å². The summed E-state index contributed by atoms with van der Waals surface area (Å²) in [4.78, 5) is 10.4. The van der Waals surface area contributed by atoms with Crippen LogP contribution >= 0.6 is 0 Å². The molecule has 0 radical (unpaired) electrons. The highest BCUT2D eigenvalue weighted by Gasteiger charge is 2.20. The van der Waals surface area contributed by atoms with E-state index in [1.165, 1.54) is 0 Å². The molecule has 0 saturated carbocycles. The van der Waals surface area contributed by atoms with Crippen LogP contribution in [0.15, 0.2) is 23.1 Å². The molecule has 3 N–H and O–H groups in total. The topological polar surface area (TPSA) is 104 Å². The SMILES string of the molecule is CC(C)CC(O)CNS(=O)(=O)c1ccc(F)c(C(=O)O)c1. The van der Waals surface area contributed by atoms with E-state index in [2.05, 4.69) is 4.72 Å². The molecule has 6 nitrogen and oxygen atoms in total. The Hall–Kier alpha value is -1.51. The summed E-state index contributed by atoms with van der Waals surface area (Å²) in [6.45, 7) is 3.58. The first-order valence-corrected chi connectivity index (χ1v) is 7.82. The Bertz CT molecular complexity index is 615. The Morgan fingerprint density at radius 2 is 2.00 bits per heavy atom. The number of halogens is 1. The maximum atomic E-state index is 13.2. The van der Waals surface area contributed by atoms with Gasteiger partial charge in [0.1, 0.15) is 5.82 Å². The summed E-state index contributed by atoms with van der Waals surface area (Å²) in [5, 5.41) is 18.4. The molecule has 0 aliphatic rings. The van der Waals surface area contributed by atoms with Gasteiger partial charge in [-0.3, -0.25) is 0 Å². The number of carbonyl (C=O) groups is 1. The number of benzene rings is 1. The Labute approximate surface area is 122 Å². The maximum absolute atomic E-state index is 13.2. The minimum atomic E-state index is -4.00. The van der Waals surface area contributed by atoms with Gasteiger partial charge < -0.3 is 10.2 Å². The second-order valence-corrected chi connectivity index (χ2v) is 6.85.